The summed E-state index contributed by atoms with van der Waals surface area (Å²) in [5, 5.41) is 0. The molecular weight excluding hydrogens is 250 g/mol. The van der Waals surface area contributed by atoms with E-state index in [1.54, 1.807) is 6.20 Å². The number of benzene rings is 1. The van der Waals surface area contributed by atoms with E-state index in [1.807, 2.05) is 42.6 Å². The molecule has 2 aromatic rings. The van der Waals surface area contributed by atoms with Gasteiger partial charge in [-0.1, -0.05) is 40.7 Å². The summed E-state index contributed by atoms with van der Waals surface area (Å²) in [5.74, 6) is 0. The molecule has 74 valence electrons. The Morgan fingerprint density at radius 2 is 1.80 bits per heavy atom. The Morgan fingerprint density at radius 3 is 2.40 bits per heavy atom. The zero-order valence-corrected chi connectivity index (χ0v) is 9.74. The van der Waals surface area contributed by atoms with Crippen molar-refractivity contribution >= 4 is 21.5 Å². The Kier molecular flexibility index (Phi) is 2.97. The summed E-state index contributed by atoms with van der Waals surface area (Å²) in [6, 6.07) is 12.0. The number of aromatic nitrogens is 1. The van der Waals surface area contributed by atoms with Crippen molar-refractivity contribution < 1.29 is 0 Å². The lowest BCUT2D eigenvalue weighted by Gasteiger charge is -2.05. The minimum absolute atomic E-state index is 0.996. The minimum Gasteiger partial charge on any atom is -0.264 e. The third-order valence-electron chi connectivity index (χ3n) is 2.20. The van der Waals surface area contributed by atoms with Crippen LogP contribution in [0.4, 0.5) is 0 Å². The second-order valence-electron chi connectivity index (χ2n) is 3.23. The van der Waals surface area contributed by atoms with Crippen LogP contribution in [0.5, 0.6) is 0 Å². The Balaban J connectivity index is 2.33. The second kappa shape index (κ2) is 4.41. The maximum absolute atomic E-state index is 4.08. The summed E-state index contributed by atoms with van der Waals surface area (Å²) in [6.07, 6.45) is 3.59. The minimum atomic E-state index is 0.996. The van der Waals surface area contributed by atoms with Gasteiger partial charge in [-0.3, -0.25) is 4.98 Å². The molecule has 1 heterocycles. The number of hydrogen-bond acceptors (Lipinski definition) is 1. The monoisotopic (exact) mass is 259 g/mol. The molecule has 0 atom stereocenters. The molecule has 2 heteroatoms. The van der Waals surface area contributed by atoms with Gasteiger partial charge in [-0.25, -0.2) is 0 Å². The lowest BCUT2D eigenvalue weighted by molar-refractivity contribution is 1.31. The molecule has 0 N–H and O–H groups in total. The van der Waals surface area contributed by atoms with Crippen molar-refractivity contribution in [2.24, 2.45) is 0 Å². The highest BCUT2D eigenvalue weighted by molar-refractivity contribution is 9.10. The molecular formula is C13H10BrN. The van der Waals surface area contributed by atoms with Crippen molar-refractivity contribution in [2.45, 2.75) is 0 Å². The van der Waals surface area contributed by atoms with E-state index in [9.17, 15) is 0 Å². The van der Waals surface area contributed by atoms with Crippen LogP contribution in [0.2, 0.25) is 0 Å². The fourth-order valence-electron chi connectivity index (χ4n) is 1.36. The van der Waals surface area contributed by atoms with Crippen LogP contribution >= 0.6 is 15.9 Å². The average molecular weight is 260 g/mol. The normalized spacial score (nSPS) is 9.93. The Hall–Kier alpha value is -1.41. The van der Waals surface area contributed by atoms with Crippen LogP contribution < -0.4 is 0 Å². The molecule has 0 aliphatic heterocycles. The van der Waals surface area contributed by atoms with Gasteiger partial charge in [0.25, 0.3) is 0 Å². The van der Waals surface area contributed by atoms with Crippen LogP contribution in [0, 0.1) is 0 Å². The first-order valence-corrected chi connectivity index (χ1v) is 5.42. The van der Waals surface area contributed by atoms with Gasteiger partial charge >= 0.3 is 0 Å². The van der Waals surface area contributed by atoms with Gasteiger partial charge in [-0.05, 0) is 34.9 Å². The van der Waals surface area contributed by atoms with E-state index in [0.29, 0.717) is 0 Å². The Bertz CT molecular complexity index is 460. The van der Waals surface area contributed by atoms with E-state index in [-0.39, 0.29) is 0 Å². The third kappa shape index (κ3) is 2.34. The Morgan fingerprint density at radius 1 is 1.07 bits per heavy atom. The highest BCUT2D eigenvalue weighted by Gasteiger charge is 2.01. The van der Waals surface area contributed by atoms with E-state index in [4.69, 9.17) is 0 Å². The fourth-order valence-corrected chi connectivity index (χ4v) is 1.62. The standard InChI is InChI=1S/C13H10BrN/c1-10(12-3-2-8-15-9-12)11-4-6-13(14)7-5-11/h2-9H,1H2. The topological polar surface area (TPSA) is 12.9 Å². The molecule has 1 aromatic heterocycles. The van der Waals surface area contributed by atoms with Crippen LogP contribution in [-0.2, 0) is 0 Å². The molecule has 0 saturated heterocycles. The zero-order valence-electron chi connectivity index (χ0n) is 8.15. The maximum atomic E-state index is 4.08. The molecule has 0 aliphatic carbocycles. The zero-order chi connectivity index (χ0) is 10.7. The summed E-state index contributed by atoms with van der Waals surface area (Å²) in [5.41, 5.74) is 3.17. The van der Waals surface area contributed by atoms with Crippen molar-refractivity contribution in [3.63, 3.8) is 0 Å². The molecule has 1 nitrogen and oxygen atoms in total. The van der Waals surface area contributed by atoms with E-state index in [0.717, 1.165) is 21.2 Å². The molecule has 15 heavy (non-hydrogen) atoms. The first kappa shape index (κ1) is 10.1. The first-order chi connectivity index (χ1) is 7.27. The van der Waals surface area contributed by atoms with Crippen molar-refractivity contribution in [1.82, 2.24) is 4.98 Å². The van der Waals surface area contributed by atoms with Crippen LogP contribution in [0.3, 0.4) is 0 Å². The number of rotatable bonds is 2. The SMILES string of the molecule is C=C(c1ccc(Br)cc1)c1cccnc1. The first-order valence-electron chi connectivity index (χ1n) is 4.62. The fraction of sp³-hybridized carbons (Fsp3) is 0. The van der Waals surface area contributed by atoms with Gasteiger partial charge in [-0.15, -0.1) is 0 Å². The molecule has 2 rings (SSSR count). The van der Waals surface area contributed by atoms with Crippen LogP contribution in [-0.4, -0.2) is 4.98 Å². The van der Waals surface area contributed by atoms with E-state index in [1.165, 1.54) is 0 Å². The smallest absolute Gasteiger partial charge is 0.0346 e. The van der Waals surface area contributed by atoms with E-state index in [2.05, 4.69) is 27.5 Å². The van der Waals surface area contributed by atoms with Gasteiger partial charge in [0.2, 0.25) is 0 Å². The summed E-state index contributed by atoms with van der Waals surface area (Å²) >= 11 is 3.41. The van der Waals surface area contributed by atoms with Crippen LogP contribution in [0.1, 0.15) is 11.1 Å². The van der Waals surface area contributed by atoms with Gasteiger partial charge < -0.3 is 0 Å². The van der Waals surface area contributed by atoms with Gasteiger partial charge in [0.1, 0.15) is 0 Å². The molecule has 0 amide bonds. The Labute approximate surface area is 97.6 Å². The summed E-state index contributed by atoms with van der Waals surface area (Å²) in [7, 11) is 0. The van der Waals surface area contributed by atoms with Crippen molar-refractivity contribution in [2.75, 3.05) is 0 Å². The summed E-state index contributed by atoms with van der Waals surface area (Å²) < 4.78 is 1.07. The number of nitrogens with zero attached hydrogens (tertiary/aromatic N) is 1. The molecule has 0 radical (unpaired) electrons. The van der Waals surface area contributed by atoms with Crippen molar-refractivity contribution in [3.8, 4) is 0 Å². The van der Waals surface area contributed by atoms with Crippen molar-refractivity contribution in [3.05, 3.63) is 71.0 Å². The molecule has 0 spiro atoms. The molecule has 0 aliphatic rings. The predicted molar refractivity (Wildman–Crippen MR) is 66.5 cm³/mol. The van der Waals surface area contributed by atoms with Gasteiger partial charge in [0, 0.05) is 16.9 Å². The molecule has 0 fully saturated rings. The number of pyridine rings is 1. The van der Waals surface area contributed by atoms with Gasteiger partial charge in [0.05, 0.1) is 0 Å². The lowest BCUT2D eigenvalue weighted by atomic mass is 10.0. The third-order valence-corrected chi connectivity index (χ3v) is 2.73. The summed E-state index contributed by atoms with van der Waals surface area (Å²) in [4.78, 5) is 4.08. The molecule has 0 bridgehead atoms. The molecule has 0 saturated carbocycles. The lowest BCUT2D eigenvalue weighted by Crippen LogP contribution is -1.86. The number of halogens is 1. The van der Waals surface area contributed by atoms with Crippen LogP contribution in [0.15, 0.2) is 59.8 Å². The highest BCUT2D eigenvalue weighted by atomic mass is 79.9. The molecule has 1 aromatic carbocycles. The number of hydrogen-bond donors (Lipinski definition) is 0. The highest BCUT2D eigenvalue weighted by Crippen LogP contribution is 2.22. The summed E-state index contributed by atoms with van der Waals surface area (Å²) in [6.45, 7) is 4.07. The van der Waals surface area contributed by atoms with E-state index >= 15 is 0 Å². The second-order valence-corrected chi connectivity index (χ2v) is 4.14. The molecule has 0 unspecified atom stereocenters. The van der Waals surface area contributed by atoms with Gasteiger partial charge in [0.15, 0.2) is 0 Å². The largest absolute Gasteiger partial charge is 0.264 e. The quantitative estimate of drug-likeness (QED) is 0.797. The van der Waals surface area contributed by atoms with Crippen LogP contribution in [0.25, 0.3) is 5.57 Å². The maximum Gasteiger partial charge on any atom is 0.0346 e. The average Bonchev–Trinajstić information content (AvgIpc) is 2.30. The van der Waals surface area contributed by atoms with Gasteiger partial charge in [-0.2, -0.15) is 0 Å². The van der Waals surface area contributed by atoms with Crippen molar-refractivity contribution in [1.29, 1.82) is 0 Å². The van der Waals surface area contributed by atoms with E-state index < -0.39 is 0 Å². The predicted octanol–water partition coefficient (Wildman–Crippen LogP) is 3.91.